The van der Waals surface area contributed by atoms with Crippen molar-refractivity contribution in [1.29, 1.82) is 0 Å². The molecule has 0 unspecified atom stereocenters. The van der Waals surface area contributed by atoms with E-state index in [0.29, 0.717) is 72.1 Å². The van der Waals surface area contributed by atoms with Crippen LogP contribution < -0.4 is 30.2 Å². The number of nitrogens with one attached hydrogen (secondary N) is 1. The number of amides is 1. The largest absolute Gasteiger partial charge is 0.573 e. The normalized spacial score (nSPS) is 14.8. The van der Waals surface area contributed by atoms with Crippen LogP contribution in [0.3, 0.4) is 0 Å². The number of fused-ring (bicyclic) bond motifs is 1. The second-order valence-corrected chi connectivity index (χ2v) is 10.4. The van der Waals surface area contributed by atoms with Crippen LogP contribution in [0, 0.1) is 5.41 Å². The molecular weight excluding hydrogens is 563 g/mol. The fraction of sp³-hybridized carbons (Fsp3) is 0.323. The first-order valence-electron chi connectivity index (χ1n) is 13.7. The number of aromatic nitrogens is 2. The van der Waals surface area contributed by atoms with Gasteiger partial charge in [-0.3, -0.25) is 4.79 Å². The molecule has 0 saturated carbocycles. The quantitative estimate of drug-likeness (QED) is 0.269. The summed E-state index contributed by atoms with van der Waals surface area (Å²) in [6.45, 7) is 1.05. The number of nitrogen functional groups attached to an aromatic ring is 1. The number of halogens is 3. The van der Waals surface area contributed by atoms with Crippen molar-refractivity contribution >= 4 is 28.6 Å². The van der Waals surface area contributed by atoms with Crippen LogP contribution in [0.2, 0.25) is 0 Å². The molecule has 0 aliphatic carbocycles. The van der Waals surface area contributed by atoms with E-state index in [1.807, 2.05) is 35.2 Å². The summed E-state index contributed by atoms with van der Waals surface area (Å²) in [5.74, 6) is 1.29. The fourth-order valence-electron chi connectivity index (χ4n) is 5.44. The van der Waals surface area contributed by atoms with Crippen LogP contribution in [-0.4, -0.2) is 49.5 Å². The first-order chi connectivity index (χ1) is 20.6. The van der Waals surface area contributed by atoms with Crippen molar-refractivity contribution in [3.63, 3.8) is 0 Å². The molecule has 3 aromatic carbocycles. The molecule has 12 heteroatoms. The number of anilines is 2. The van der Waals surface area contributed by atoms with E-state index in [0.717, 1.165) is 5.56 Å². The number of carbonyl (C=O) groups is 1. The molecule has 1 aliphatic rings. The maximum Gasteiger partial charge on any atom is 0.573 e. The van der Waals surface area contributed by atoms with E-state index in [-0.39, 0.29) is 18.2 Å². The lowest BCUT2D eigenvalue weighted by Crippen LogP contribution is -2.50. The number of hydrogen-bond donors (Lipinski definition) is 2. The molecule has 2 heterocycles. The Labute approximate surface area is 246 Å². The van der Waals surface area contributed by atoms with E-state index in [1.54, 1.807) is 32.4 Å². The summed E-state index contributed by atoms with van der Waals surface area (Å²) in [5.41, 5.74) is 7.67. The Balaban J connectivity index is 1.35. The van der Waals surface area contributed by atoms with Crippen LogP contribution >= 0.6 is 0 Å². The van der Waals surface area contributed by atoms with Gasteiger partial charge < -0.3 is 30.2 Å². The van der Waals surface area contributed by atoms with Gasteiger partial charge in [-0.2, -0.15) is 4.98 Å². The molecule has 1 aromatic heterocycles. The number of ether oxygens (including phenoxy) is 3. The Hall–Kier alpha value is -4.74. The fourth-order valence-corrected chi connectivity index (χ4v) is 5.44. The molecule has 0 radical (unpaired) electrons. The van der Waals surface area contributed by atoms with Crippen molar-refractivity contribution in [2.75, 3.05) is 37.9 Å². The Morgan fingerprint density at radius 3 is 2.30 bits per heavy atom. The molecular formula is C31H32F3N5O4. The lowest BCUT2D eigenvalue weighted by Gasteiger charge is -2.41. The lowest BCUT2D eigenvalue weighted by atomic mass is 9.73. The molecule has 1 fully saturated rings. The van der Waals surface area contributed by atoms with Crippen molar-refractivity contribution in [2.45, 2.75) is 32.2 Å². The van der Waals surface area contributed by atoms with Gasteiger partial charge in [-0.15, -0.1) is 13.2 Å². The van der Waals surface area contributed by atoms with Crippen molar-refractivity contribution < 1.29 is 32.2 Å². The number of nitrogens with two attached hydrogens (primary N) is 1. The highest BCUT2D eigenvalue weighted by Gasteiger charge is 2.42. The summed E-state index contributed by atoms with van der Waals surface area (Å²) < 4.78 is 52.9. The summed E-state index contributed by atoms with van der Waals surface area (Å²) in [4.78, 5) is 25.1. The van der Waals surface area contributed by atoms with Crippen LogP contribution in [0.1, 0.15) is 24.0 Å². The van der Waals surface area contributed by atoms with E-state index >= 15 is 0 Å². The first kappa shape index (κ1) is 29.7. The van der Waals surface area contributed by atoms with Gasteiger partial charge in [0.2, 0.25) is 11.9 Å². The first-order valence-corrected chi connectivity index (χ1v) is 13.7. The smallest absolute Gasteiger partial charge is 0.493 e. The van der Waals surface area contributed by atoms with Crippen LogP contribution in [0.4, 0.5) is 24.9 Å². The molecule has 4 aromatic rings. The van der Waals surface area contributed by atoms with Crippen molar-refractivity contribution in [2.24, 2.45) is 5.41 Å². The highest BCUT2D eigenvalue weighted by Crippen LogP contribution is 2.38. The van der Waals surface area contributed by atoms with Crippen LogP contribution in [0.5, 0.6) is 17.2 Å². The lowest BCUT2D eigenvalue weighted by molar-refractivity contribution is -0.274. The highest BCUT2D eigenvalue weighted by molar-refractivity contribution is 5.92. The number of nitrogens with zero attached hydrogens (tertiary/aromatic N) is 3. The van der Waals surface area contributed by atoms with Gasteiger partial charge >= 0.3 is 6.36 Å². The predicted octanol–water partition coefficient (Wildman–Crippen LogP) is 5.27. The Bertz CT molecular complexity index is 1590. The standard InChI is InChI=1S/C31H32F3N5O4/c1-41-25-16-23-24(17-26(25)42-2)37-29(38-27(23)35)39-13-11-30(12-14-39,18-20-7-4-3-5-8-20)28(40)36-19-21-9-6-10-22(15-21)43-31(32,33)34/h3-10,15-17H,11-14,18-19H2,1-2H3,(H,36,40)(H2,35,37,38). The molecule has 3 N–H and O–H groups in total. The zero-order valence-electron chi connectivity index (χ0n) is 23.8. The van der Waals surface area contributed by atoms with Crippen LogP contribution in [0.15, 0.2) is 66.7 Å². The van der Waals surface area contributed by atoms with Crippen molar-refractivity contribution in [3.8, 4) is 17.2 Å². The van der Waals surface area contributed by atoms with E-state index < -0.39 is 11.8 Å². The molecule has 43 heavy (non-hydrogen) atoms. The zero-order valence-corrected chi connectivity index (χ0v) is 23.8. The topological polar surface area (TPSA) is 112 Å². The minimum absolute atomic E-state index is 0.0593. The van der Waals surface area contributed by atoms with Gasteiger partial charge in [0.05, 0.1) is 25.2 Å². The van der Waals surface area contributed by atoms with Gasteiger partial charge in [-0.05, 0) is 48.6 Å². The van der Waals surface area contributed by atoms with Crippen LogP contribution in [-0.2, 0) is 17.8 Å². The molecule has 0 spiro atoms. The molecule has 1 aliphatic heterocycles. The summed E-state index contributed by atoms with van der Waals surface area (Å²) in [6.07, 6.45) is -3.30. The molecule has 0 bridgehead atoms. The highest BCUT2D eigenvalue weighted by atomic mass is 19.4. The van der Waals surface area contributed by atoms with E-state index in [1.165, 1.54) is 18.2 Å². The summed E-state index contributed by atoms with van der Waals surface area (Å²) in [5, 5.41) is 3.60. The second-order valence-electron chi connectivity index (χ2n) is 10.4. The second kappa shape index (κ2) is 12.2. The third kappa shape index (κ3) is 6.85. The van der Waals surface area contributed by atoms with E-state index in [4.69, 9.17) is 20.2 Å². The number of hydrogen-bond acceptors (Lipinski definition) is 8. The Morgan fingerprint density at radius 2 is 1.63 bits per heavy atom. The summed E-state index contributed by atoms with van der Waals surface area (Å²) >= 11 is 0. The molecule has 9 nitrogen and oxygen atoms in total. The SMILES string of the molecule is COc1cc2nc(N3CCC(Cc4ccccc4)(C(=O)NCc4cccc(OC(F)(F)F)c4)CC3)nc(N)c2cc1OC. The van der Waals surface area contributed by atoms with Crippen LogP contribution in [0.25, 0.3) is 10.9 Å². The van der Waals surface area contributed by atoms with Gasteiger partial charge in [0.15, 0.2) is 11.5 Å². The van der Waals surface area contributed by atoms with E-state index in [2.05, 4.69) is 15.0 Å². The van der Waals surface area contributed by atoms with Gasteiger partial charge in [0.1, 0.15) is 11.6 Å². The maximum absolute atomic E-state index is 13.8. The number of piperidine rings is 1. The number of methoxy groups -OCH3 is 2. The minimum Gasteiger partial charge on any atom is -0.493 e. The van der Waals surface area contributed by atoms with Gasteiger partial charge in [0.25, 0.3) is 0 Å². The number of rotatable bonds is 9. The summed E-state index contributed by atoms with van der Waals surface area (Å²) in [7, 11) is 3.09. The van der Waals surface area contributed by atoms with E-state index in [9.17, 15) is 18.0 Å². The van der Waals surface area contributed by atoms with Gasteiger partial charge in [-0.25, -0.2) is 4.98 Å². The average Bonchev–Trinajstić information content (AvgIpc) is 2.99. The number of alkyl halides is 3. The zero-order chi connectivity index (χ0) is 30.6. The third-order valence-corrected chi connectivity index (χ3v) is 7.67. The molecule has 5 rings (SSSR count). The minimum atomic E-state index is -4.80. The van der Waals surface area contributed by atoms with Gasteiger partial charge in [-0.1, -0.05) is 42.5 Å². The third-order valence-electron chi connectivity index (χ3n) is 7.67. The average molecular weight is 596 g/mol. The number of carbonyl (C=O) groups excluding carboxylic acids is 1. The summed E-state index contributed by atoms with van der Waals surface area (Å²) in [6, 6.07) is 18.8. The molecule has 226 valence electrons. The maximum atomic E-state index is 13.8. The van der Waals surface area contributed by atoms with Crippen molar-refractivity contribution in [3.05, 3.63) is 77.9 Å². The van der Waals surface area contributed by atoms with Crippen molar-refractivity contribution in [1.82, 2.24) is 15.3 Å². The van der Waals surface area contributed by atoms with Gasteiger partial charge in [0, 0.05) is 31.1 Å². The Morgan fingerprint density at radius 1 is 0.953 bits per heavy atom. The molecule has 0 atom stereocenters. The monoisotopic (exact) mass is 595 g/mol. The number of benzene rings is 3. The Kier molecular flexibility index (Phi) is 8.47. The molecule has 1 saturated heterocycles. The predicted molar refractivity (Wildman–Crippen MR) is 156 cm³/mol. The molecule has 1 amide bonds.